The fraction of sp³-hybridized carbons (Fsp3) is 0.308. The van der Waals surface area contributed by atoms with Gasteiger partial charge in [-0.1, -0.05) is 29.8 Å². The van der Waals surface area contributed by atoms with E-state index in [0.29, 0.717) is 6.54 Å². The van der Waals surface area contributed by atoms with Crippen LogP contribution in [0.2, 0.25) is 0 Å². The molecule has 0 aliphatic rings. The van der Waals surface area contributed by atoms with Gasteiger partial charge in [0.1, 0.15) is 0 Å². The second-order valence-electron chi connectivity index (χ2n) is 3.72. The Morgan fingerprint density at radius 1 is 1.62 bits per heavy atom. The van der Waals surface area contributed by atoms with E-state index in [1.54, 1.807) is 0 Å². The monoisotopic (exact) mass is 216 g/mol. The first-order valence-corrected chi connectivity index (χ1v) is 5.16. The summed E-state index contributed by atoms with van der Waals surface area (Å²) in [6.45, 7) is 2.49. The van der Waals surface area contributed by atoms with Crippen molar-refractivity contribution < 1.29 is 4.79 Å². The fourth-order valence-corrected chi connectivity index (χ4v) is 1.36. The molecular formula is C13H16N2O. The van der Waals surface area contributed by atoms with Crippen LogP contribution in [0.25, 0.3) is 0 Å². The van der Waals surface area contributed by atoms with Crippen molar-refractivity contribution >= 4 is 5.91 Å². The minimum Gasteiger partial charge on any atom is -0.351 e. The Kier molecular flexibility index (Phi) is 4.56. The Balaban J connectivity index is 2.46. The van der Waals surface area contributed by atoms with Gasteiger partial charge in [0.2, 0.25) is 5.91 Å². The van der Waals surface area contributed by atoms with Crippen molar-refractivity contribution in [2.75, 3.05) is 0 Å². The molecule has 1 atom stereocenters. The topological polar surface area (TPSA) is 55.1 Å². The van der Waals surface area contributed by atoms with E-state index in [9.17, 15) is 4.79 Å². The SMILES string of the molecule is C#CCC(N)C(=O)NCc1cccc(C)c1. The van der Waals surface area contributed by atoms with Gasteiger partial charge in [0.05, 0.1) is 6.04 Å². The van der Waals surface area contributed by atoms with E-state index in [2.05, 4.69) is 11.2 Å². The third-order valence-electron chi connectivity index (χ3n) is 2.22. The average Bonchev–Trinajstić information content (AvgIpc) is 2.26. The molecule has 0 saturated carbocycles. The molecular weight excluding hydrogens is 200 g/mol. The number of terminal acetylenes is 1. The molecule has 3 heteroatoms. The van der Waals surface area contributed by atoms with Gasteiger partial charge in [0, 0.05) is 13.0 Å². The normalized spacial score (nSPS) is 11.6. The second-order valence-corrected chi connectivity index (χ2v) is 3.72. The summed E-state index contributed by atoms with van der Waals surface area (Å²) in [5.41, 5.74) is 7.79. The maximum Gasteiger partial charge on any atom is 0.238 e. The number of amides is 1. The zero-order valence-electron chi connectivity index (χ0n) is 9.36. The van der Waals surface area contributed by atoms with Crippen LogP contribution in [0.5, 0.6) is 0 Å². The highest BCUT2D eigenvalue weighted by Gasteiger charge is 2.10. The quantitative estimate of drug-likeness (QED) is 0.737. The molecule has 0 fully saturated rings. The Labute approximate surface area is 96.0 Å². The summed E-state index contributed by atoms with van der Waals surface area (Å²) in [6.07, 6.45) is 5.35. The first kappa shape index (κ1) is 12.3. The first-order chi connectivity index (χ1) is 7.63. The highest BCUT2D eigenvalue weighted by molar-refractivity contribution is 5.81. The maximum atomic E-state index is 11.5. The van der Waals surface area contributed by atoms with Crippen molar-refractivity contribution in [3.05, 3.63) is 35.4 Å². The van der Waals surface area contributed by atoms with Crippen molar-refractivity contribution in [1.29, 1.82) is 0 Å². The van der Waals surface area contributed by atoms with Gasteiger partial charge in [-0.05, 0) is 12.5 Å². The smallest absolute Gasteiger partial charge is 0.238 e. The molecule has 84 valence electrons. The molecule has 0 bridgehead atoms. The summed E-state index contributed by atoms with van der Waals surface area (Å²) in [4.78, 5) is 11.5. The minimum atomic E-state index is -0.616. The van der Waals surface area contributed by atoms with E-state index in [-0.39, 0.29) is 12.3 Å². The molecule has 3 N–H and O–H groups in total. The number of benzene rings is 1. The summed E-state index contributed by atoms with van der Waals surface area (Å²) in [5.74, 6) is 2.16. The number of nitrogens with two attached hydrogens (primary N) is 1. The van der Waals surface area contributed by atoms with Crippen LogP contribution in [-0.2, 0) is 11.3 Å². The first-order valence-electron chi connectivity index (χ1n) is 5.16. The molecule has 1 rings (SSSR count). The van der Waals surface area contributed by atoms with Crippen molar-refractivity contribution in [2.24, 2.45) is 5.73 Å². The molecule has 16 heavy (non-hydrogen) atoms. The van der Waals surface area contributed by atoms with E-state index < -0.39 is 6.04 Å². The van der Waals surface area contributed by atoms with Gasteiger partial charge in [-0.25, -0.2) is 0 Å². The lowest BCUT2D eigenvalue weighted by molar-refractivity contribution is -0.122. The molecule has 0 spiro atoms. The summed E-state index contributed by atoms with van der Waals surface area (Å²) in [7, 11) is 0. The van der Waals surface area contributed by atoms with Crippen LogP contribution in [0, 0.1) is 19.3 Å². The summed E-state index contributed by atoms with van der Waals surface area (Å²) >= 11 is 0. The highest BCUT2D eigenvalue weighted by atomic mass is 16.2. The minimum absolute atomic E-state index is 0.209. The van der Waals surface area contributed by atoms with Gasteiger partial charge >= 0.3 is 0 Å². The molecule has 1 amide bonds. The fourth-order valence-electron chi connectivity index (χ4n) is 1.36. The molecule has 0 aliphatic carbocycles. The average molecular weight is 216 g/mol. The zero-order valence-corrected chi connectivity index (χ0v) is 9.36. The molecule has 0 aromatic heterocycles. The number of carbonyl (C=O) groups excluding carboxylic acids is 1. The molecule has 0 radical (unpaired) electrons. The summed E-state index contributed by atoms with van der Waals surface area (Å²) in [5, 5.41) is 2.75. The molecule has 1 unspecified atom stereocenters. The Morgan fingerprint density at radius 3 is 3.00 bits per heavy atom. The summed E-state index contributed by atoms with van der Waals surface area (Å²) < 4.78 is 0. The van der Waals surface area contributed by atoms with E-state index in [1.807, 2.05) is 31.2 Å². The van der Waals surface area contributed by atoms with E-state index >= 15 is 0 Å². The van der Waals surface area contributed by atoms with Gasteiger partial charge in [-0.2, -0.15) is 0 Å². The molecule has 1 aromatic rings. The van der Waals surface area contributed by atoms with Gasteiger partial charge in [0.15, 0.2) is 0 Å². The van der Waals surface area contributed by atoms with Crippen LogP contribution in [0.4, 0.5) is 0 Å². The van der Waals surface area contributed by atoms with Gasteiger partial charge < -0.3 is 11.1 Å². The van der Waals surface area contributed by atoms with E-state index in [1.165, 1.54) is 5.56 Å². The predicted octanol–water partition coefficient (Wildman–Crippen LogP) is 0.962. The zero-order chi connectivity index (χ0) is 12.0. The molecule has 1 aromatic carbocycles. The third kappa shape index (κ3) is 3.76. The lowest BCUT2D eigenvalue weighted by Crippen LogP contribution is -2.39. The maximum absolute atomic E-state index is 11.5. The standard InChI is InChI=1S/C13H16N2O/c1-3-5-12(14)13(16)15-9-11-7-4-6-10(2)8-11/h1,4,6-8,12H,5,9,14H2,2H3,(H,15,16). The van der Waals surface area contributed by atoms with Crippen LogP contribution in [-0.4, -0.2) is 11.9 Å². The van der Waals surface area contributed by atoms with Crippen molar-refractivity contribution in [3.63, 3.8) is 0 Å². The van der Waals surface area contributed by atoms with E-state index in [0.717, 1.165) is 5.56 Å². The molecule has 0 saturated heterocycles. The van der Waals surface area contributed by atoms with Crippen LogP contribution in [0.1, 0.15) is 17.5 Å². The number of aryl methyl sites for hydroxylation is 1. The highest BCUT2D eigenvalue weighted by Crippen LogP contribution is 2.03. The van der Waals surface area contributed by atoms with Crippen LogP contribution in [0.3, 0.4) is 0 Å². The largest absolute Gasteiger partial charge is 0.351 e. The van der Waals surface area contributed by atoms with Crippen LogP contribution in [0.15, 0.2) is 24.3 Å². The van der Waals surface area contributed by atoms with Crippen molar-refractivity contribution in [2.45, 2.75) is 25.9 Å². The number of carbonyl (C=O) groups is 1. The van der Waals surface area contributed by atoms with Gasteiger partial charge in [-0.15, -0.1) is 12.3 Å². The van der Waals surface area contributed by atoms with Crippen LogP contribution < -0.4 is 11.1 Å². The van der Waals surface area contributed by atoms with Gasteiger partial charge in [0.25, 0.3) is 0 Å². The van der Waals surface area contributed by atoms with E-state index in [4.69, 9.17) is 12.2 Å². The number of rotatable bonds is 4. The van der Waals surface area contributed by atoms with Crippen LogP contribution >= 0.6 is 0 Å². The van der Waals surface area contributed by atoms with Crippen molar-refractivity contribution in [3.8, 4) is 12.3 Å². The Hall–Kier alpha value is -1.79. The number of nitrogens with one attached hydrogen (secondary N) is 1. The lowest BCUT2D eigenvalue weighted by Gasteiger charge is -2.09. The third-order valence-corrected chi connectivity index (χ3v) is 2.22. The summed E-state index contributed by atoms with van der Waals surface area (Å²) in [6, 6.07) is 7.33. The second kappa shape index (κ2) is 5.94. The predicted molar refractivity (Wildman–Crippen MR) is 64.5 cm³/mol. The number of hydrogen-bond donors (Lipinski definition) is 2. The Bertz CT molecular complexity index is 407. The van der Waals surface area contributed by atoms with Crippen molar-refractivity contribution in [1.82, 2.24) is 5.32 Å². The molecule has 0 aliphatic heterocycles. The number of hydrogen-bond acceptors (Lipinski definition) is 2. The van der Waals surface area contributed by atoms with Gasteiger partial charge in [-0.3, -0.25) is 4.79 Å². The molecule has 3 nitrogen and oxygen atoms in total. The Morgan fingerprint density at radius 2 is 2.38 bits per heavy atom. The lowest BCUT2D eigenvalue weighted by atomic mass is 10.1. The molecule has 0 heterocycles.